The number of likely N-dealkylation sites (tertiary alicyclic amines) is 1. The van der Waals surface area contributed by atoms with Crippen molar-refractivity contribution in [3.05, 3.63) is 47.5 Å². The van der Waals surface area contributed by atoms with E-state index in [1.165, 1.54) is 12.1 Å². The number of amides is 1. The lowest BCUT2D eigenvalue weighted by atomic mass is 10.0. The maximum absolute atomic E-state index is 13.2. The molecule has 6 nitrogen and oxygen atoms in total. The van der Waals surface area contributed by atoms with Crippen LogP contribution in [0.5, 0.6) is 0 Å². The molecule has 0 spiro atoms. The normalized spacial score (nSPS) is 20.4. The summed E-state index contributed by atoms with van der Waals surface area (Å²) in [5.74, 6) is -0.0464. The van der Waals surface area contributed by atoms with Crippen LogP contribution in [0.25, 0.3) is 0 Å². The number of aliphatic hydroxyl groups is 1. The number of aromatic nitrogens is 3. The van der Waals surface area contributed by atoms with E-state index in [0.29, 0.717) is 18.9 Å². The van der Waals surface area contributed by atoms with E-state index in [2.05, 4.69) is 24.2 Å². The van der Waals surface area contributed by atoms with Crippen LogP contribution in [-0.4, -0.2) is 43.6 Å². The van der Waals surface area contributed by atoms with Gasteiger partial charge in [0.2, 0.25) is 0 Å². The molecule has 1 aliphatic rings. The van der Waals surface area contributed by atoms with Gasteiger partial charge in [-0.05, 0) is 36.5 Å². The third-order valence-corrected chi connectivity index (χ3v) is 4.49. The molecule has 1 aromatic carbocycles. The van der Waals surface area contributed by atoms with Crippen molar-refractivity contribution < 1.29 is 14.3 Å². The molecule has 1 saturated heterocycles. The second-order valence-electron chi connectivity index (χ2n) is 6.96. The van der Waals surface area contributed by atoms with Crippen molar-refractivity contribution in [2.24, 2.45) is 5.92 Å². The summed E-state index contributed by atoms with van der Waals surface area (Å²) in [6.07, 6.45) is 2.43. The Hall–Kier alpha value is -2.28. The molecule has 0 bridgehead atoms. The van der Waals surface area contributed by atoms with Crippen LogP contribution in [-0.2, 0) is 6.54 Å². The average Bonchev–Trinajstić information content (AvgIpc) is 3.20. The highest BCUT2D eigenvalue weighted by molar-refractivity contribution is 5.92. The first-order chi connectivity index (χ1) is 11.9. The molecule has 2 aromatic rings. The number of carbonyl (C=O) groups excluding carboxylic acids is 1. The van der Waals surface area contributed by atoms with Crippen LogP contribution in [0, 0.1) is 11.7 Å². The van der Waals surface area contributed by atoms with Crippen molar-refractivity contribution in [1.29, 1.82) is 0 Å². The molecule has 0 aliphatic carbocycles. The van der Waals surface area contributed by atoms with Crippen LogP contribution in [0.4, 0.5) is 4.39 Å². The zero-order valence-electron chi connectivity index (χ0n) is 14.5. The SMILES string of the molecule is CC(C)CCn1cc(C(=O)N2C[C@@H](O)C[C@@H]2c2ccc(F)cc2)nn1. The van der Waals surface area contributed by atoms with E-state index >= 15 is 0 Å². The van der Waals surface area contributed by atoms with Gasteiger partial charge in [-0.25, -0.2) is 4.39 Å². The van der Waals surface area contributed by atoms with Gasteiger partial charge in [-0.3, -0.25) is 9.48 Å². The highest BCUT2D eigenvalue weighted by Gasteiger charge is 2.36. The van der Waals surface area contributed by atoms with Gasteiger partial charge in [-0.1, -0.05) is 31.2 Å². The summed E-state index contributed by atoms with van der Waals surface area (Å²) >= 11 is 0. The fraction of sp³-hybridized carbons (Fsp3) is 0.500. The van der Waals surface area contributed by atoms with Gasteiger partial charge in [0.25, 0.3) is 5.91 Å². The molecule has 2 atom stereocenters. The first-order valence-corrected chi connectivity index (χ1v) is 8.58. The first-order valence-electron chi connectivity index (χ1n) is 8.58. The lowest BCUT2D eigenvalue weighted by molar-refractivity contribution is 0.0709. The number of aryl methyl sites for hydroxylation is 1. The second kappa shape index (κ2) is 7.31. The molecule has 0 radical (unpaired) electrons. The highest BCUT2D eigenvalue weighted by atomic mass is 19.1. The number of rotatable bonds is 5. The highest BCUT2D eigenvalue weighted by Crippen LogP contribution is 2.33. The van der Waals surface area contributed by atoms with Crippen molar-refractivity contribution in [2.45, 2.75) is 45.4 Å². The number of halogens is 1. The summed E-state index contributed by atoms with van der Waals surface area (Å²) in [5.41, 5.74) is 1.07. The number of β-amino-alcohol motifs (C(OH)–C–C–N with tert-alkyl or cyclic N) is 1. The topological polar surface area (TPSA) is 71.2 Å². The molecule has 134 valence electrons. The van der Waals surface area contributed by atoms with Gasteiger partial charge < -0.3 is 10.0 Å². The molecule has 1 aliphatic heterocycles. The van der Waals surface area contributed by atoms with Crippen LogP contribution >= 0.6 is 0 Å². The fourth-order valence-corrected chi connectivity index (χ4v) is 3.08. The summed E-state index contributed by atoms with van der Waals surface area (Å²) in [6.45, 7) is 5.20. The van der Waals surface area contributed by atoms with Crippen LogP contribution in [0.1, 0.15) is 48.8 Å². The minimum atomic E-state index is -0.602. The van der Waals surface area contributed by atoms with E-state index in [1.54, 1.807) is 27.9 Å². The Bertz CT molecular complexity index is 729. The van der Waals surface area contributed by atoms with Crippen molar-refractivity contribution in [3.8, 4) is 0 Å². The van der Waals surface area contributed by atoms with Crippen LogP contribution in [0.3, 0.4) is 0 Å². The van der Waals surface area contributed by atoms with Crippen molar-refractivity contribution in [1.82, 2.24) is 19.9 Å². The van der Waals surface area contributed by atoms with Crippen molar-refractivity contribution in [3.63, 3.8) is 0 Å². The Morgan fingerprint density at radius 3 is 2.76 bits per heavy atom. The van der Waals surface area contributed by atoms with E-state index in [4.69, 9.17) is 0 Å². The Morgan fingerprint density at radius 2 is 2.08 bits per heavy atom. The molecule has 0 saturated carbocycles. The molecule has 3 rings (SSSR count). The van der Waals surface area contributed by atoms with Gasteiger partial charge in [0.1, 0.15) is 5.82 Å². The summed E-state index contributed by atoms with van der Waals surface area (Å²) < 4.78 is 14.8. The minimum absolute atomic E-state index is 0.236. The molecular formula is C18H23FN4O2. The summed E-state index contributed by atoms with van der Waals surface area (Å²) in [5, 5.41) is 18.0. The molecule has 1 amide bonds. The zero-order valence-corrected chi connectivity index (χ0v) is 14.5. The summed E-state index contributed by atoms with van der Waals surface area (Å²) in [7, 11) is 0. The lowest BCUT2D eigenvalue weighted by Gasteiger charge is -2.23. The summed E-state index contributed by atoms with van der Waals surface area (Å²) in [6, 6.07) is 5.75. The molecular weight excluding hydrogens is 323 g/mol. The van der Waals surface area contributed by atoms with Crippen molar-refractivity contribution >= 4 is 5.91 Å². The monoisotopic (exact) mass is 346 g/mol. The van der Waals surface area contributed by atoms with E-state index in [0.717, 1.165) is 12.0 Å². The van der Waals surface area contributed by atoms with Crippen LogP contribution < -0.4 is 0 Å². The zero-order chi connectivity index (χ0) is 18.0. The maximum atomic E-state index is 13.2. The Morgan fingerprint density at radius 1 is 1.36 bits per heavy atom. The molecule has 1 aromatic heterocycles. The van der Waals surface area contributed by atoms with Gasteiger partial charge in [0.05, 0.1) is 18.3 Å². The smallest absolute Gasteiger partial charge is 0.276 e. The molecule has 1 fully saturated rings. The van der Waals surface area contributed by atoms with Crippen LogP contribution in [0.2, 0.25) is 0 Å². The Balaban J connectivity index is 1.76. The predicted octanol–water partition coefficient (Wildman–Crippen LogP) is 2.41. The average molecular weight is 346 g/mol. The van der Waals surface area contributed by atoms with Gasteiger partial charge in [0, 0.05) is 13.1 Å². The van der Waals surface area contributed by atoms with Gasteiger partial charge in [-0.15, -0.1) is 5.10 Å². The molecule has 0 unspecified atom stereocenters. The molecule has 1 N–H and O–H groups in total. The van der Waals surface area contributed by atoms with Gasteiger partial charge >= 0.3 is 0 Å². The predicted molar refractivity (Wildman–Crippen MR) is 90.3 cm³/mol. The number of carbonyl (C=O) groups is 1. The van der Waals surface area contributed by atoms with E-state index in [9.17, 15) is 14.3 Å². The van der Waals surface area contributed by atoms with E-state index < -0.39 is 6.10 Å². The number of hydrogen-bond donors (Lipinski definition) is 1. The molecule has 25 heavy (non-hydrogen) atoms. The maximum Gasteiger partial charge on any atom is 0.276 e. The van der Waals surface area contributed by atoms with Gasteiger partial charge in [-0.2, -0.15) is 0 Å². The van der Waals surface area contributed by atoms with E-state index in [1.807, 2.05) is 0 Å². The summed E-state index contributed by atoms with van der Waals surface area (Å²) in [4.78, 5) is 14.4. The largest absolute Gasteiger partial charge is 0.391 e. The Kier molecular flexibility index (Phi) is 5.13. The number of benzene rings is 1. The van der Waals surface area contributed by atoms with Crippen LogP contribution in [0.15, 0.2) is 30.5 Å². The van der Waals surface area contributed by atoms with E-state index in [-0.39, 0.29) is 30.0 Å². The number of nitrogens with zero attached hydrogens (tertiary/aromatic N) is 4. The molecule has 2 heterocycles. The van der Waals surface area contributed by atoms with Gasteiger partial charge in [0.15, 0.2) is 5.69 Å². The lowest BCUT2D eigenvalue weighted by Crippen LogP contribution is -2.32. The number of aliphatic hydroxyl groups excluding tert-OH is 1. The first kappa shape index (κ1) is 17.5. The standard InChI is InChI=1S/C18H23FN4O2/c1-12(2)7-8-22-11-16(20-21-22)18(25)23-10-15(24)9-17(23)13-3-5-14(19)6-4-13/h3-6,11-12,15,17,24H,7-10H2,1-2H3/t15-,17+/m0/s1. The number of hydrogen-bond acceptors (Lipinski definition) is 4. The third-order valence-electron chi connectivity index (χ3n) is 4.49. The second-order valence-corrected chi connectivity index (χ2v) is 6.96. The quantitative estimate of drug-likeness (QED) is 0.902. The molecule has 7 heteroatoms. The van der Waals surface area contributed by atoms with Crippen molar-refractivity contribution in [2.75, 3.05) is 6.54 Å². The third kappa shape index (κ3) is 4.04. The minimum Gasteiger partial charge on any atom is -0.391 e. The Labute approximate surface area is 146 Å². The fourth-order valence-electron chi connectivity index (χ4n) is 3.08.